The van der Waals surface area contributed by atoms with Crippen LogP contribution in [0.25, 0.3) is 0 Å². The molecule has 0 aliphatic heterocycles. The second-order valence-corrected chi connectivity index (χ2v) is 6.91. The molecule has 0 heterocycles. The first-order valence-corrected chi connectivity index (χ1v) is 9.31. The Morgan fingerprint density at radius 1 is 0.913 bits per heavy atom. The van der Waals surface area contributed by atoms with E-state index in [4.69, 9.17) is 0 Å². The smallest absolute Gasteiger partial charge is 0.162 e. The highest BCUT2D eigenvalue weighted by Crippen LogP contribution is 2.36. The van der Waals surface area contributed by atoms with Gasteiger partial charge in [0.05, 0.1) is 0 Å². The van der Waals surface area contributed by atoms with E-state index in [1.165, 1.54) is 5.56 Å². The maximum absolute atomic E-state index is 12.1. The Morgan fingerprint density at radius 3 is 2.13 bits per heavy atom. The molecule has 0 radical (unpaired) electrons. The summed E-state index contributed by atoms with van der Waals surface area (Å²) in [6.07, 6.45) is 8.69. The molecule has 0 unspecified atom stereocenters. The van der Waals surface area contributed by atoms with E-state index >= 15 is 0 Å². The number of hydrogen-bond donors (Lipinski definition) is 0. The number of carbonyl (C=O) groups excluding carboxylic acids is 2. The normalized spacial score (nSPS) is 21.1. The zero-order chi connectivity index (χ0) is 16.7. The van der Waals surface area contributed by atoms with Crippen LogP contribution in [0.3, 0.4) is 0 Å². The summed E-state index contributed by atoms with van der Waals surface area (Å²) >= 11 is 0. The molecule has 2 nitrogen and oxygen atoms in total. The molecule has 1 aliphatic rings. The lowest BCUT2D eigenvalue weighted by atomic mass is 9.76. The Balaban J connectivity index is 1.87. The summed E-state index contributed by atoms with van der Waals surface area (Å²) < 4.78 is 0. The van der Waals surface area contributed by atoms with Crippen molar-refractivity contribution in [2.45, 2.75) is 77.6 Å². The fourth-order valence-electron chi connectivity index (χ4n) is 3.62. The minimum Gasteiger partial charge on any atom is -0.299 e. The van der Waals surface area contributed by atoms with Crippen LogP contribution in [-0.4, -0.2) is 11.6 Å². The Morgan fingerprint density at radius 2 is 1.57 bits per heavy atom. The maximum atomic E-state index is 12.1. The number of carbonyl (C=O) groups is 2. The molecule has 126 valence electrons. The van der Waals surface area contributed by atoms with Crippen molar-refractivity contribution in [2.75, 3.05) is 0 Å². The van der Waals surface area contributed by atoms with Crippen molar-refractivity contribution < 1.29 is 9.59 Å². The van der Waals surface area contributed by atoms with E-state index < -0.39 is 0 Å². The standard InChI is InChI=1S/C21H30O2/c1-3-5-7-21(23)19-14-10-17(11-15-19)16-8-12-18(13-9-16)20(22)6-4-2/h8-9,12-13,17,19H,3-7,10-11,14-15H2,1-2H3. The van der Waals surface area contributed by atoms with Gasteiger partial charge in [0.1, 0.15) is 5.78 Å². The predicted octanol–water partition coefficient (Wildman–Crippen LogP) is 5.70. The molecule has 1 saturated carbocycles. The van der Waals surface area contributed by atoms with Crippen molar-refractivity contribution in [2.24, 2.45) is 5.92 Å². The van der Waals surface area contributed by atoms with Crippen LogP contribution in [0.15, 0.2) is 24.3 Å². The van der Waals surface area contributed by atoms with Crippen LogP contribution in [-0.2, 0) is 4.79 Å². The monoisotopic (exact) mass is 314 g/mol. The molecule has 2 rings (SSSR count). The molecule has 2 heteroatoms. The van der Waals surface area contributed by atoms with Crippen LogP contribution in [0.5, 0.6) is 0 Å². The van der Waals surface area contributed by atoms with Gasteiger partial charge in [0.15, 0.2) is 5.78 Å². The summed E-state index contributed by atoms with van der Waals surface area (Å²) in [4.78, 5) is 24.0. The van der Waals surface area contributed by atoms with Crippen LogP contribution < -0.4 is 0 Å². The van der Waals surface area contributed by atoms with Gasteiger partial charge in [0.25, 0.3) is 0 Å². The molecule has 1 aliphatic carbocycles. The fourth-order valence-corrected chi connectivity index (χ4v) is 3.62. The molecule has 0 amide bonds. The third kappa shape index (κ3) is 5.02. The highest BCUT2D eigenvalue weighted by atomic mass is 16.1. The average Bonchev–Trinajstić information content (AvgIpc) is 2.60. The summed E-state index contributed by atoms with van der Waals surface area (Å²) in [6, 6.07) is 8.19. The molecule has 23 heavy (non-hydrogen) atoms. The number of benzene rings is 1. The molecule has 1 aromatic rings. The Bertz CT molecular complexity index is 507. The molecular weight excluding hydrogens is 284 g/mol. The van der Waals surface area contributed by atoms with Gasteiger partial charge in [-0.3, -0.25) is 9.59 Å². The molecule has 0 aromatic heterocycles. The van der Waals surface area contributed by atoms with E-state index in [-0.39, 0.29) is 5.78 Å². The Kier molecular flexibility index (Phi) is 7.01. The van der Waals surface area contributed by atoms with E-state index in [0.717, 1.165) is 56.9 Å². The van der Waals surface area contributed by atoms with Crippen LogP contribution in [0, 0.1) is 5.92 Å². The summed E-state index contributed by atoms with van der Waals surface area (Å²) in [5.41, 5.74) is 2.16. The molecular formula is C21H30O2. The zero-order valence-electron chi connectivity index (χ0n) is 14.6. The highest BCUT2D eigenvalue weighted by Gasteiger charge is 2.26. The summed E-state index contributed by atoms with van der Waals surface area (Å²) in [6.45, 7) is 4.17. The van der Waals surface area contributed by atoms with E-state index in [9.17, 15) is 9.59 Å². The first kappa shape index (κ1) is 17.9. The molecule has 0 saturated heterocycles. The highest BCUT2D eigenvalue weighted by molar-refractivity contribution is 5.96. The molecule has 0 atom stereocenters. The van der Waals surface area contributed by atoms with Gasteiger partial charge in [0.2, 0.25) is 0 Å². The second-order valence-electron chi connectivity index (χ2n) is 6.91. The summed E-state index contributed by atoms with van der Waals surface area (Å²) in [5, 5.41) is 0. The molecule has 0 N–H and O–H groups in total. The topological polar surface area (TPSA) is 34.1 Å². The fraction of sp³-hybridized carbons (Fsp3) is 0.619. The van der Waals surface area contributed by atoms with Crippen LogP contribution in [0.2, 0.25) is 0 Å². The molecule has 1 fully saturated rings. The van der Waals surface area contributed by atoms with Gasteiger partial charge in [-0.2, -0.15) is 0 Å². The number of Topliss-reactive ketones (excluding diaryl/α,β-unsaturated/α-hetero) is 2. The van der Waals surface area contributed by atoms with Crippen molar-refractivity contribution in [3.8, 4) is 0 Å². The third-order valence-corrected chi connectivity index (χ3v) is 5.14. The van der Waals surface area contributed by atoms with Crippen molar-refractivity contribution in [1.29, 1.82) is 0 Å². The third-order valence-electron chi connectivity index (χ3n) is 5.14. The summed E-state index contributed by atoms with van der Waals surface area (Å²) in [7, 11) is 0. The van der Waals surface area contributed by atoms with Gasteiger partial charge in [0, 0.05) is 24.3 Å². The maximum Gasteiger partial charge on any atom is 0.162 e. The van der Waals surface area contributed by atoms with Crippen molar-refractivity contribution in [3.05, 3.63) is 35.4 Å². The van der Waals surface area contributed by atoms with Crippen molar-refractivity contribution in [3.63, 3.8) is 0 Å². The van der Waals surface area contributed by atoms with Gasteiger partial charge in [-0.15, -0.1) is 0 Å². The van der Waals surface area contributed by atoms with Gasteiger partial charge in [-0.1, -0.05) is 44.5 Å². The number of ketones is 2. The molecule has 0 bridgehead atoms. The number of hydrogen-bond acceptors (Lipinski definition) is 2. The van der Waals surface area contributed by atoms with Gasteiger partial charge >= 0.3 is 0 Å². The predicted molar refractivity (Wildman–Crippen MR) is 94.9 cm³/mol. The lowest BCUT2D eigenvalue weighted by molar-refractivity contribution is -0.124. The minimum absolute atomic E-state index is 0.240. The van der Waals surface area contributed by atoms with Crippen LogP contribution >= 0.6 is 0 Å². The summed E-state index contributed by atoms with van der Waals surface area (Å²) in [5.74, 6) is 1.57. The van der Waals surface area contributed by atoms with Crippen LogP contribution in [0.1, 0.15) is 93.5 Å². The first-order valence-electron chi connectivity index (χ1n) is 9.31. The SMILES string of the molecule is CCCCC(=O)C1CCC(c2ccc(C(=O)CCC)cc2)CC1. The van der Waals surface area contributed by atoms with Gasteiger partial charge < -0.3 is 0 Å². The Labute approximate surface area is 140 Å². The number of unbranched alkanes of at least 4 members (excludes halogenated alkanes) is 1. The second kappa shape index (κ2) is 9.00. The quantitative estimate of drug-likeness (QED) is 0.576. The van der Waals surface area contributed by atoms with E-state index in [1.54, 1.807) is 0 Å². The largest absolute Gasteiger partial charge is 0.299 e. The molecule has 1 aromatic carbocycles. The van der Waals surface area contributed by atoms with E-state index in [1.807, 2.05) is 19.1 Å². The lowest BCUT2D eigenvalue weighted by Crippen LogP contribution is -2.21. The lowest BCUT2D eigenvalue weighted by Gasteiger charge is -2.28. The number of rotatable bonds is 8. The average molecular weight is 314 g/mol. The van der Waals surface area contributed by atoms with Gasteiger partial charge in [-0.25, -0.2) is 0 Å². The van der Waals surface area contributed by atoms with E-state index in [0.29, 0.717) is 24.0 Å². The first-order chi connectivity index (χ1) is 11.2. The zero-order valence-corrected chi connectivity index (χ0v) is 14.6. The van der Waals surface area contributed by atoms with Crippen molar-refractivity contribution in [1.82, 2.24) is 0 Å². The Hall–Kier alpha value is -1.44. The van der Waals surface area contributed by atoms with E-state index in [2.05, 4.69) is 19.1 Å². The molecule has 0 spiro atoms. The van der Waals surface area contributed by atoms with Crippen molar-refractivity contribution >= 4 is 11.6 Å². The van der Waals surface area contributed by atoms with Crippen LogP contribution in [0.4, 0.5) is 0 Å². The van der Waals surface area contributed by atoms with Gasteiger partial charge in [-0.05, 0) is 50.0 Å². The minimum atomic E-state index is 0.240.